The molecule has 86 valence electrons. The number of hydrogen-bond acceptors (Lipinski definition) is 3. The first-order valence-electron chi connectivity index (χ1n) is 6.03. The summed E-state index contributed by atoms with van der Waals surface area (Å²) in [6.45, 7) is 3.38. The number of fused-ring (bicyclic) bond motifs is 3. The van der Waals surface area contributed by atoms with E-state index in [-0.39, 0.29) is 0 Å². The van der Waals surface area contributed by atoms with Crippen molar-refractivity contribution in [1.82, 2.24) is 5.32 Å². The molecule has 0 aliphatic carbocycles. The Labute approximate surface area is 96.4 Å². The normalized spacial score (nSPS) is 23.6. The number of methoxy groups -OCH3 is 1. The number of rotatable bonds is 1. The molecule has 3 heteroatoms. The Balaban J connectivity index is 2.01. The summed E-state index contributed by atoms with van der Waals surface area (Å²) < 4.78 is 5.48. The zero-order valence-corrected chi connectivity index (χ0v) is 9.70. The van der Waals surface area contributed by atoms with Crippen molar-refractivity contribution in [3.8, 4) is 5.75 Å². The summed E-state index contributed by atoms with van der Waals surface area (Å²) in [5, 5.41) is 3.51. The van der Waals surface area contributed by atoms with Crippen molar-refractivity contribution in [2.45, 2.75) is 18.9 Å². The van der Waals surface area contributed by atoms with Gasteiger partial charge in [-0.05, 0) is 31.0 Å². The molecule has 1 unspecified atom stereocenters. The number of ether oxygens (including phenoxy) is 1. The van der Waals surface area contributed by atoms with Gasteiger partial charge in [-0.15, -0.1) is 0 Å². The minimum atomic E-state index is 0.619. The average molecular weight is 218 g/mol. The molecule has 0 bridgehead atoms. The van der Waals surface area contributed by atoms with Gasteiger partial charge in [0.15, 0.2) is 0 Å². The highest BCUT2D eigenvalue weighted by Crippen LogP contribution is 2.40. The second kappa shape index (κ2) is 3.98. The Kier molecular flexibility index (Phi) is 2.48. The standard InChI is InChI=1S/C13H18N2O/c1-16-12-5-2-4-10-8-11-9-14-6-3-7-15(11)13(10)12/h2,4-5,11,14H,3,6-9H2,1H3. The van der Waals surface area contributed by atoms with Gasteiger partial charge in [-0.3, -0.25) is 0 Å². The molecule has 1 atom stereocenters. The highest BCUT2D eigenvalue weighted by molar-refractivity contribution is 5.68. The predicted molar refractivity (Wildman–Crippen MR) is 65.3 cm³/mol. The molecule has 0 radical (unpaired) electrons. The van der Waals surface area contributed by atoms with Crippen molar-refractivity contribution in [1.29, 1.82) is 0 Å². The van der Waals surface area contributed by atoms with Gasteiger partial charge in [-0.2, -0.15) is 0 Å². The molecule has 1 aromatic carbocycles. The molecule has 2 heterocycles. The third-order valence-corrected chi connectivity index (χ3v) is 3.62. The molecule has 3 nitrogen and oxygen atoms in total. The molecule has 3 rings (SSSR count). The Morgan fingerprint density at radius 1 is 1.44 bits per heavy atom. The second-order valence-electron chi connectivity index (χ2n) is 4.58. The first-order chi connectivity index (χ1) is 7.90. The molecule has 0 aromatic heterocycles. The molecular formula is C13H18N2O. The second-order valence-corrected chi connectivity index (χ2v) is 4.58. The van der Waals surface area contributed by atoms with E-state index in [0.29, 0.717) is 6.04 Å². The van der Waals surface area contributed by atoms with E-state index < -0.39 is 0 Å². The summed E-state index contributed by atoms with van der Waals surface area (Å²) in [6.07, 6.45) is 2.37. The number of nitrogens with one attached hydrogen (secondary N) is 1. The Morgan fingerprint density at radius 3 is 3.25 bits per heavy atom. The number of anilines is 1. The van der Waals surface area contributed by atoms with Crippen molar-refractivity contribution in [3.63, 3.8) is 0 Å². The monoisotopic (exact) mass is 218 g/mol. The maximum absolute atomic E-state index is 5.48. The van der Waals surface area contributed by atoms with Gasteiger partial charge in [0.25, 0.3) is 0 Å². The van der Waals surface area contributed by atoms with Gasteiger partial charge in [-0.25, -0.2) is 0 Å². The van der Waals surface area contributed by atoms with Crippen LogP contribution in [-0.4, -0.2) is 32.8 Å². The van der Waals surface area contributed by atoms with Crippen LogP contribution in [-0.2, 0) is 6.42 Å². The number of nitrogens with zero attached hydrogens (tertiary/aromatic N) is 1. The topological polar surface area (TPSA) is 24.5 Å². The molecular weight excluding hydrogens is 200 g/mol. The van der Waals surface area contributed by atoms with E-state index in [4.69, 9.17) is 4.74 Å². The zero-order chi connectivity index (χ0) is 11.0. The summed E-state index contributed by atoms with van der Waals surface area (Å²) in [5.74, 6) is 1.03. The van der Waals surface area contributed by atoms with Crippen molar-refractivity contribution in [2.24, 2.45) is 0 Å². The summed E-state index contributed by atoms with van der Waals surface area (Å²) in [7, 11) is 1.76. The van der Waals surface area contributed by atoms with Crippen LogP contribution in [0.1, 0.15) is 12.0 Å². The first-order valence-corrected chi connectivity index (χ1v) is 6.03. The Morgan fingerprint density at radius 2 is 2.38 bits per heavy atom. The highest BCUT2D eigenvalue weighted by Gasteiger charge is 2.32. The summed E-state index contributed by atoms with van der Waals surface area (Å²) in [6, 6.07) is 7.01. The van der Waals surface area contributed by atoms with Gasteiger partial charge in [0.1, 0.15) is 5.75 Å². The van der Waals surface area contributed by atoms with Gasteiger partial charge in [0, 0.05) is 19.1 Å². The predicted octanol–water partition coefficient (Wildman–Crippen LogP) is 1.42. The Bertz CT molecular complexity index is 392. The van der Waals surface area contributed by atoms with Crippen LogP contribution in [0.3, 0.4) is 0 Å². The maximum atomic E-state index is 5.48. The lowest BCUT2D eigenvalue weighted by Gasteiger charge is -2.25. The quantitative estimate of drug-likeness (QED) is 0.771. The van der Waals surface area contributed by atoms with Gasteiger partial charge in [0.2, 0.25) is 0 Å². The van der Waals surface area contributed by atoms with E-state index in [1.165, 1.54) is 17.7 Å². The fraction of sp³-hybridized carbons (Fsp3) is 0.538. The van der Waals surface area contributed by atoms with Crippen molar-refractivity contribution >= 4 is 5.69 Å². The van der Waals surface area contributed by atoms with E-state index in [2.05, 4.69) is 28.4 Å². The minimum Gasteiger partial charge on any atom is -0.495 e. The van der Waals surface area contributed by atoms with Crippen LogP contribution in [0.15, 0.2) is 18.2 Å². The number of hydrogen-bond donors (Lipinski definition) is 1. The molecule has 1 aromatic rings. The SMILES string of the molecule is COc1cccc2c1N1CCCNCC1C2. The third-order valence-electron chi connectivity index (χ3n) is 3.62. The smallest absolute Gasteiger partial charge is 0.142 e. The van der Waals surface area contributed by atoms with Crippen LogP contribution in [0.25, 0.3) is 0 Å². The number of benzene rings is 1. The van der Waals surface area contributed by atoms with Crippen molar-refractivity contribution < 1.29 is 4.74 Å². The van der Waals surface area contributed by atoms with E-state index in [1.54, 1.807) is 7.11 Å². The largest absolute Gasteiger partial charge is 0.495 e. The van der Waals surface area contributed by atoms with Crippen LogP contribution in [0.5, 0.6) is 5.75 Å². The van der Waals surface area contributed by atoms with Crippen LogP contribution < -0.4 is 15.0 Å². The lowest BCUT2D eigenvalue weighted by molar-refractivity contribution is 0.414. The van der Waals surface area contributed by atoms with Gasteiger partial charge in [0.05, 0.1) is 12.8 Å². The molecule has 0 saturated carbocycles. The van der Waals surface area contributed by atoms with Crippen LogP contribution in [0, 0.1) is 0 Å². The molecule has 1 fully saturated rings. The molecule has 1 saturated heterocycles. The van der Waals surface area contributed by atoms with Crippen LogP contribution >= 0.6 is 0 Å². The lowest BCUT2D eigenvalue weighted by Crippen LogP contribution is -2.36. The van der Waals surface area contributed by atoms with Gasteiger partial charge < -0.3 is 15.0 Å². The number of para-hydroxylation sites is 1. The lowest BCUT2D eigenvalue weighted by atomic mass is 10.1. The molecule has 2 aliphatic heterocycles. The zero-order valence-electron chi connectivity index (χ0n) is 9.70. The maximum Gasteiger partial charge on any atom is 0.142 e. The molecule has 0 spiro atoms. The van der Waals surface area contributed by atoms with Crippen LogP contribution in [0.2, 0.25) is 0 Å². The fourth-order valence-corrected chi connectivity index (χ4v) is 2.89. The van der Waals surface area contributed by atoms with Crippen molar-refractivity contribution in [3.05, 3.63) is 23.8 Å². The summed E-state index contributed by atoms with van der Waals surface area (Å²) in [4.78, 5) is 2.52. The highest BCUT2D eigenvalue weighted by atomic mass is 16.5. The van der Waals surface area contributed by atoms with Crippen LogP contribution in [0.4, 0.5) is 5.69 Å². The average Bonchev–Trinajstić information content (AvgIpc) is 2.52. The van der Waals surface area contributed by atoms with E-state index >= 15 is 0 Å². The first kappa shape index (κ1) is 9.97. The molecule has 2 aliphatic rings. The van der Waals surface area contributed by atoms with Gasteiger partial charge in [-0.1, -0.05) is 12.1 Å². The van der Waals surface area contributed by atoms with Gasteiger partial charge >= 0.3 is 0 Å². The molecule has 16 heavy (non-hydrogen) atoms. The Hall–Kier alpha value is -1.22. The van der Waals surface area contributed by atoms with E-state index in [9.17, 15) is 0 Å². The summed E-state index contributed by atoms with van der Waals surface area (Å²) in [5.41, 5.74) is 2.77. The van der Waals surface area contributed by atoms with E-state index in [0.717, 1.165) is 31.8 Å². The minimum absolute atomic E-state index is 0.619. The molecule has 0 amide bonds. The fourth-order valence-electron chi connectivity index (χ4n) is 2.89. The molecule has 1 N–H and O–H groups in total. The van der Waals surface area contributed by atoms with E-state index in [1.807, 2.05) is 0 Å². The third kappa shape index (κ3) is 1.47. The summed E-state index contributed by atoms with van der Waals surface area (Å²) >= 11 is 0. The van der Waals surface area contributed by atoms with Crippen molar-refractivity contribution in [2.75, 3.05) is 31.6 Å².